The van der Waals surface area contributed by atoms with E-state index in [1.807, 2.05) is 0 Å². The number of halogens is 2. The van der Waals surface area contributed by atoms with E-state index >= 15 is 0 Å². The third-order valence-corrected chi connectivity index (χ3v) is 5.40. The maximum atomic E-state index is 13.6. The fourth-order valence-corrected chi connectivity index (χ4v) is 3.84. The van der Waals surface area contributed by atoms with Crippen LogP contribution in [-0.2, 0) is 19.6 Å². The number of ether oxygens (including phenoxy) is 1. The van der Waals surface area contributed by atoms with Crippen molar-refractivity contribution in [1.82, 2.24) is 0 Å². The Bertz CT molecular complexity index is 1060. The number of hydrogen-bond donors (Lipinski definition) is 1. The highest BCUT2D eigenvalue weighted by atomic mass is 32.2. The van der Waals surface area contributed by atoms with Crippen LogP contribution in [0.15, 0.2) is 36.4 Å². The van der Waals surface area contributed by atoms with Crippen LogP contribution in [0.2, 0.25) is 0 Å². The monoisotopic (exact) mass is 426 g/mol. The van der Waals surface area contributed by atoms with Gasteiger partial charge >= 0.3 is 5.97 Å². The van der Waals surface area contributed by atoms with Crippen LogP contribution >= 0.6 is 0 Å². The number of anilines is 2. The molecular formula is C19H20F2N2O5S. The topological polar surface area (TPSA) is 92.8 Å². The first-order valence-corrected chi connectivity index (χ1v) is 10.2. The molecular weight excluding hydrogens is 406 g/mol. The Morgan fingerprint density at radius 1 is 1.10 bits per heavy atom. The number of amides is 1. The second-order valence-corrected chi connectivity index (χ2v) is 8.20. The number of sulfonamides is 1. The fourth-order valence-electron chi connectivity index (χ4n) is 2.67. The van der Waals surface area contributed by atoms with E-state index in [1.54, 1.807) is 13.0 Å². The van der Waals surface area contributed by atoms with Gasteiger partial charge in [0.2, 0.25) is 15.9 Å². The minimum Gasteiger partial charge on any atom is -0.465 e. The van der Waals surface area contributed by atoms with E-state index in [0.717, 1.165) is 18.4 Å². The number of nitrogens with one attached hydrogen (secondary N) is 1. The van der Waals surface area contributed by atoms with Crippen molar-refractivity contribution in [2.24, 2.45) is 0 Å². The van der Waals surface area contributed by atoms with Crippen molar-refractivity contribution in [3.8, 4) is 0 Å². The summed E-state index contributed by atoms with van der Waals surface area (Å²) in [5.74, 6) is -3.72. The number of rotatable bonds is 6. The van der Waals surface area contributed by atoms with Crippen molar-refractivity contribution in [3.63, 3.8) is 0 Å². The first-order valence-electron chi connectivity index (χ1n) is 8.40. The Kier molecular flexibility index (Phi) is 6.58. The highest BCUT2D eigenvalue weighted by Gasteiger charge is 2.30. The number of methoxy groups -OCH3 is 1. The molecule has 1 amide bonds. The van der Waals surface area contributed by atoms with Gasteiger partial charge in [0, 0.05) is 11.8 Å². The Morgan fingerprint density at radius 2 is 1.76 bits per heavy atom. The molecule has 29 heavy (non-hydrogen) atoms. The zero-order valence-electron chi connectivity index (χ0n) is 16.2. The van der Waals surface area contributed by atoms with Gasteiger partial charge in [-0.15, -0.1) is 0 Å². The predicted octanol–water partition coefficient (Wildman–Crippen LogP) is 2.85. The van der Waals surface area contributed by atoms with E-state index in [-0.39, 0.29) is 16.9 Å². The SMILES string of the molecule is COC(=O)c1ccc(C)c(NC(=O)C(C)N(c2ccc(F)c(F)c2)S(C)(=O)=O)c1. The van der Waals surface area contributed by atoms with Crippen molar-refractivity contribution in [2.45, 2.75) is 19.9 Å². The van der Waals surface area contributed by atoms with Crippen LogP contribution in [0.3, 0.4) is 0 Å². The Morgan fingerprint density at radius 3 is 2.31 bits per heavy atom. The molecule has 10 heteroatoms. The van der Waals surface area contributed by atoms with Gasteiger partial charge in [0.15, 0.2) is 11.6 Å². The van der Waals surface area contributed by atoms with Crippen molar-refractivity contribution < 1.29 is 31.5 Å². The number of aryl methyl sites for hydroxylation is 1. The van der Waals surface area contributed by atoms with E-state index in [4.69, 9.17) is 0 Å². The highest BCUT2D eigenvalue weighted by Crippen LogP contribution is 2.24. The van der Waals surface area contributed by atoms with Crippen LogP contribution in [0.5, 0.6) is 0 Å². The number of carbonyl (C=O) groups is 2. The van der Waals surface area contributed by atoms with Crippen molar-refractivity contribution in [3.05, 3.63) is 59.2 Å². The summed E-state index contributed by atoms with van der Waals surface area (Å²) in [7, 11) is -2.79. The van der Waals surface area contributed by atoms with Gasteiger partial charge in [-0.2, -0.15) is 0 Å². The molecule has 0 radical (unpaired) electrons. The summed E-state index contributed by atoms with van der Waals surface area (Å²) in [6, 6.07) is 5.75. The van der Waals surface area contributed by atoms with Crippen LogP contribution in [-0.4, -0.2) is 39.7 Å². The largest absolute Gasteiger partial charge is 0.465 e. The minimum atomic E-state index is -4.01. The lowest BCUT2D eigenvalue weighted by atomic mass is 10.1. The van der Waals surface area contributed by atoms with Crippen LogP contribution in [0, 0.1) is 18.6 Å². The second kappa shape index (κ2) is 8.56. The van der Waals surface area contributed by atoms with Crippen LogP contribution in [0.4, 0.5) is 20.2 Å². The average Bonchev–Trinajstić information content (AvgIpc) is 2.64. The number of esters is 1. The smallest absolute Gasteiger partial charge is 0.337 e. The van der Waals surface area contributed by atoms with Gasteiger partial charge in [0.05, 0.1) is 24.6 Å². The third-order valence-electron chi connectivity index (χ3n) is 4.16. The molecule has 2 aromatic carbocycles. The highest BCUT2D eigenvalue weighted by molar-refractivity contribution is 7.92. The van der Waals surface area contributed by atoms with Crippen molar-refractivity contribution >= 4 is 33.3 Å². The molecule has 156 valence electrons. The Balaban J connectivity index is 2.37. The molecule has 0 fully saturated rings. The molecule has 0 heterocycles. The molecule has 0 spiro atoms. The first-order chi connectivity index (χ1) is 13.5. The van der Waals surface area contributed by atoms with Gasteiger partial charge in [-0.25, -0.2) is 22.0 Å². The van der Waals surface area contributed by atoms with E-state index in [2.05, 4.69) is 10.1 Å². The van der Waals surface area contributed by atoms with Crippen LogP contribution in [0.1, 0.15) is 22.8 Å². The van der Waals surface area contributed by atoms with E-state index in [0.29, 0.717) is 15.9 Å². The summed E-state index contributed by atoms with van der Waals surface area (Å²) < 4.78 is 56.6. The lowest BCUT2D eigenvalue weighted by Crippen LogP contribution is -2.45. The standard InChI is InChI=1S/C19H20F2N2O5S/c1-11-5-6-13(19(25)28-3)9-17(11)22-18(24)12(2)23(29(4,26)27)14-7-8-15(20)16(21)10-14/h5-10,12H,1-4H3,(H,22,24). The molecule has 1 N–H and O–H groups in total. The molecule has 0 aliphatic carbocycles. The van der Waals surface area contributed by atoms with Crippen LogP contribution < -0.4 is 9.62 Å². The lowest BCUT2D eigenvalue weighted by Gasteiger charge is -2.28. The number of nitrogens with zero attached hydrogens (tertiary/aromatic N) is 1. The van der Waals surface area contributed by atoms with Crippen molar-refractivity contribution in [1.29, 1.82) is 0 Å². The van der Waals surface area contributed by atoms with E-state index < -0.39 is 39.6 Å². The van der Waals surface area contributed by atoms with Crippen molar-refractivity contribution in [2.75, 3.05) is 23.0 Å². The number of carbonyl (C=O) groups excluding carboxylic acids is 2. The summed E-state index contributed by atoms with van der Waals surface area (Å²) in [6.07, 6.45) is 0.848. The number of hydrogen-bond acceptors (Lipinski definition) is 5. The van der Waals surface area contributed by atoms with Gasteiger partial charge in [-0.3, -0.25) is 9.10 Å². The first kappa shape index (κ1) is 22.3. The lowest BCUT2D eigenvalue weighted by molar-refractivity contribution is -0.116. The average molecular weight is 426 g/mol. The molecule has 7 nitrogen and oxygen atoms in total. The van der Waals surface area contributed by atoms with E-state index in [9.17, 15) is 26.8 Å². The van der Waals surface area contributed by atoms with Gasteiger partial charge in [-0.1, -0.05) is 6.07 Å². The van der Waals surface area contributed by atoms with Gasteiger partial charge in [0.25, 0.3) is 0 Å². The van der Waals surface area contributed by atoms with Gasteiger partial charge < -0.3 is 10.1 Å². The van der Waals surface area contributed by atoms with E-state index in [1.165, 1.54) is 26.2 Å². The zero-order valence-corrected chi connectivity index (χ0v) is 17.0. The minimum absolute atomic E-state index is 0.196. The summed E-state index contributed by atoms with van der Waals surface area (Å²) >= 11 is 0. The molecule has 0 saturated heterocycles. The molecule has 0 aliphatic rings. The summed E-state index contributed by atoms with van der Waals surface area (Å²) in [5, 5.41) is 2.56. The fraction of sp³-hybridized carbons (Fsp3) is 0.263. The molecule has 0 aliphatic heterocycles. The summed E-state index contributed by atoms with van der Waals surface area (Å²) in [5.41, 5.74) is 0.899. The van der Waals surface area contributed by atoms with Gasteiger partial charge in [-0.05, 0) is 43.7 Å². The Labute approximate surface area is 167 Å². The maximum Gasteiger partial charge on any atom is 0.337 e. The number of benzene rings is 2. The van der Waals surface area contributed by atoms with Gasteiger partial charge in [0.1, 0.15) is 6.04 Å². The predicted molar refractivity (Wildman–Crippen MR) is 104 cm³/mol. The summed E-state index contributed by atoms with van der Waals surface area (Å²) in [4.78, 5) is 24.4. The molecule has 2 rings (SSSR count). The molecule has 0 saturated carbocycles. The summed E-state index contributed by atoms with van der Waals surface area (Å²) in [6.45, 7) is 2.99. The molecule has 0 bridgehead atoms. The second-order valence-electron chi connectivity index (χ2n) is 6.34. The molecule has 1 atom stereocenters. The molecule has 0 aromatic heterocycles. The third kappa shape index (κ3) is 5.08. The Hall–Kier alpha value is -3.01. The van der Waals surface area contributed by atoms with Crippen LogP contribution in [0.25, 0.3) is 0 Å². The maximum absolute atomic E-state index is 13.6. The molecule has 2 aromatic rings. The normalized spacial score (nSPS) is 12.2. The zero-order chi connectivity index (χ0) is 21.9. The quantitative estimate of drug-likeness (QED) is 0.717. The molecule has 1 unspecified atom stereocenters.